The number of carboxylic acid groups (broad SMARTS) is 1. The van der Waals surface area contributed by atoms with Gasteiger partial charge in [0.2, 0.25) is 5.91 Å². The molecule has 2 amide bonds. The lowest BCUT2D eigenvalue weighted by molar-refractivity contribution is -0.139. The van der Waals surface area contributed by atoms with Crippen molar-refractivity contribution in [3.63, 3.8) is 0 Å². The molecule has 1 aromatic carbocycles. The molecular weight excluding hydrogens is 288 g/mol. The Morgan fingerprint density at radius 3 is 2.00 bits per heavy atom. The van der Waals surface area contributed by atoms with Crippen molar-refractivity contribution in [1.29, 1.82) is 0 Å². The van der Waals surface area contributed by atoms with Crippen LogP contribution in [0.15, 0.2) is 24.3 Å². The molecule has 0 aromatic heterocycles. The zero-order valence-corrected chi connectivity index (χ0v) is 12.8. The number of carbonyl (C=O) groups excluding carboxylic acids is 2. The van der Waals surface area contributed by atoms with Gasteiger partial charge in [0.15, 0.2) is 0 Å². The highest BCUT2D eigenvalue weighted by Crippen LogP contribution is 2.25. The van der Waals surface area contributed by atoms with Gasteiger partial charge >= 0.3 is 12.1 Å². The number of benzene rings is 1. The van der Waals surface area contributed by atoms with Crippen molar-refractivity contribution in [2.24, 2.45) is 5.41 Å². The number of aliphatic carboxylic acids is 1. The summed E-state index contributed by atoms with van der Waals surface area (Å²) < 4.78 is 4.47. The summed E-state index contributed by atoms with van der Waals surface area (Å²) in [4.78, 5) is 33.7. The Morgan fingerprint density at radius 2 is 1.55 bits per heavy atom. The van der Waals surface area contributed by atoms with Gasteiger partial charge in [0, 0.05) is 17.8 Å². The number of ether oxygens (including phenoxy) is 1. The Balaban J connectivity index is 2.58. The molecular formula is C15H20N2O5. The predicted molar refractivity (Wildman–Crippen MR) is 81.8 cm³/mol. The molecule has 0 aliphatic rings. The van der Waals surface area contributed by atoms with Gasteiger partial charge in [-0.1, -0.05) is 13.8 Å². The number of hydrogen-bond acceptors (Lipinski definition) is 4. The van der Waals surface area contributed by atoms with E-state index in [-0.39, 0.29) is 18.7 Å². The standard InChI is InChI=1S/C15H20N2O5/c1-15(2,9-13(19)20)8-12(18)16-10-4-6-11(7-5-10)17-14(21)22-3/h4-7H,8-9H2,1-3H3,(H,16,18)(H,17,21)(H,19,20). The fourth-order valence-corrected chi connectivity index (χ4v) is 1.92. The molecule has 0 aliphatic heterocycles. The van der Waals surface area contributed by atoms with Crippen molar-refractivity contribution in [1.82, 2.24) is 0 Å². The minimum Gasteiger partial charge on any atom is -0.481 e. The van der Waals surface area contributed by atoms with E-state index in [1.165, 1.54) is 7.11 Å². The summed E-state index contributed by atoms with van der Waals surface area (Å²) in [6.07, 6.45) is -0.559. The molecule has 0 saturated carbocycles. The van der Waals surface area contributed by atoms with Crippen molar-refractivity contribution in [2.45, 2.75) is 26.7 Å². The van der Waals surface area contributed by atoms with Gasteiger partial charge < -0.3 is 15.2 Å². The lowest BCUT2D eigenvalue weighted by atomic mass is 9.85. The first-order valence-electron chi connectivity index (χ1n) is 6.68. The Kier molecular flexibility index (Phi) is 5.91. The lowest BCUT2D eigenvalue weighted by Crippen LogP contribution is -2.24. The van der Waals surface area contributed by atoms with Crippen molar-refractivity contribution < 1.29 is 24.2 Å². The van der Waals surface area contributed by atoms with Gasteiger partial charge in [-0.25, -0.2) is 4.79 Å². The summed E-state index contributed by atoms with van der Waals surface area (Å²) in [5, 5.41) is 14.0. The zero-order valence-electron chi connectivity index (χ0n) is 12.8. The molecule has 120 valence electrons. The molecule has 3 N–H and O–H groups in total. The SMILES string of the molecule is COC(=O)Nc1ccc(NC(=O)CC(C)(C)CC(=O)O)cc1. The molecule has 0 aliphatic carbocycles. The number of methoxy groups -OCH3 is 1. The molecule has 0 fully saturated rings. The highest BCUT2D eigenvalue weighted by atomic mass is 16.5. The molecule has 0 spiro atoms. The maximum absolute atomic E-state index is 11.9. The molecule has 0 heterocycles. The van der Waals surface area contributed by atoms with Crippen LogP contribution < -0.4 is 10.6 Å². The Bertz CT molecular complexity index is 552. The molecule has 0 atom stereocenters. The third-order valence-electron chi connectivity index (χ3n) is 2.87. The molecule has 1 rings (SSSR count). The average Bonchev–Trinajstić information content (AvgIpc) is 2.38. The lowest BCUT2D eigenvalue weighted by Gasteiger charge is -2.21. The summed E-state index contributed by atoms with van der Waals surface area (Å²) in [5.74, 6) is -1.20. The molecule has 0 unspecified atom stereocenters. The van der Waals surface area contributed by atoms with Gasteiger partial charge in [-0.05, 0) is 29.7 Å². The van der Waals surface area contributed by atoms with Gasteiger partial charge in [0.25, 0.3) is 0 Å². The number of anilines is 2. The second-order valence-electron chi connectivity index (χ2n) is 5.65. The van der Waals surface area contributed by atoms with Crippen LogP contribution in [0.25, 0.3) is 0 Å². The summed E-state index contributed by atoms with van der Waals surface area (Å²) in [6.45, 7) is 3.45. The van der Waals surface area contributed by atoms with E-state index in [1.54, 1.807) is 38.1 Å². The van der Waals surface area contributed by atoms with E-state index in [9.17, 15) is 14.4 Å². The van der Waals surface area contributed by atoms with Gasteiger partial charge in [0.1, 0.15) is 0 Å². The number of hydrogen-bond donors (Lipinski definition) is 3. The van der Waals surface area contributed by atoms with Gasteiger partial charge in [-0.2, -0.15) is 0 Å². The summed E-state index contributed by atoms with van der Waals surface area (Å²) in [5.41, 5.74) is 0.477. The largest absolute Gasteiger partial charge is 0.481 e. The minimum atomic E-state index is -0.934. The van der Waals surface area contributed by atoms with Crippen molar-refractivity contribution in [3.8, 4) is 0 Å². The Morgan fingerprint density at radius 1 is 1.05 bits per heavy atom. The van der Waals surface area contributed by atoms with Crippen LogP contribution in [-0.4, -0.2) is 30.2 Å². The minimum absolute atomic E-state index is 0.0809. The third kappa shape index (κ3) is 6.25. The van der Waals surface area contributed by atoms with E-state index in [1.807, 2.05) is 0 Å². The second kappa shape index (κ2) is 7.44. The van der Waals surface area contributed by atoms with Crippen LogP contribution in [0.4, 0.5) is 16.2 Å². The highest BCUT2D eigenvalue weighted by molar-refractivity contribution is 5.92. The normalized spacial score (nSPS) is 10.7. The van der Waals surface area contributed by atoms with Crippen LogP contribution in [-0.2, 0) is 14.3 Å². The monoisotopic (exact) mass is 308 g/mol. The first kappa shape index (κ1) is 17.5. The molecule has 22 heavy (non-hydrogen) atoms. The number of rotatable bonds is 6. The molecule has 7 heteroatoms. The average molecular weight is 308 g/mol. The summed E-state index contributed by atoms with van der Waals surface area (Å²) >= 11 is 0. The fourth-order valence-electron chi connectivity index (χ4n) is 1.92. The fraction of sp³-hybridized carbons (Fsp3) is 0.400. The zero-order chi connectivity index (χ0) is 16.8. The molecule has 0 radical (unpaired) electrons. The molecule has 1 aromatic rings. The van der Waals surface area contributed by atoms with Crippen molar-refractivity contribution >= 4 is 29.3 Å². The van der Waals surface area contributed by atoms with Crippen LogP contribution in [0.2, 0.25) is 0 Å². The maximum atomic E-state index is 11.9. The van der Waals surface area contributed by atoms with E-state index in [2.05, 4.69) is 15.4 Å². The van der Waals surface area contributed by atoms with E-state index < -0.39 is 17.5 Å². The first-order valence-corrected chi connectivity index (χ1v) is 6.68. The van der Waals surface area contributed by atoms with Crippen LogP contribution in [0.5, 0.6) is 0 Å². The topological polar surface area (TPSA) is 105 Å². The van der Waals surface area contributed by atoms with Crippen molar-refractivity contribution in [2.75, 3.05) is 17.7 Å². The molecule has 7 nitrogen and oxygen atoms in total. The summed E-state index contributed by atoms with van der Waals surface area (Å²) in [6, 6.07) is 6.50. The van der Waals surface area contributed by atoms with Gasteiger partial charge in [-0.15, -0.1) is 0 Å². The van der Waals surface area contributed by atoms with Crippen molar-refractivity contribution in [3.05, 3.63) is 24.3 Å². The van der Waals surface area contributed by atoms with Gasteiger partial charge in [-0.3, -0.25) is 14.9 Å². The number of carboxylic acids is 1. The van der Waals surface area contributed by atoms with Gasteiger partial charge in [0.05, 0.1) is 13.5 Å². The smallest absolute Gasteiger partial charge is 0.411 e. The number of amides is 2. The maximum Gasteiger partial charge on any atom is 0.411 e. The van der Waals surface area contributed by atoms with Crippen LogP contribution in [0.1, 0.15) is 26.7 Å². The van der Waals surface area contributed by atoms with Crippen LogP contribution >= 0.6 is 0 Å². The van der Waals surface area contributed by atoms with E-state index >= 15 is 0 Å². The van der Waals surface area contributed by atoms with Crippen LogP contribution in [0, 0.1) is 5.41 Å². The van der Waals surface area contributed by atoms with E-state index in [4.69, 9.17) is 5.11 Å². The third-order valence-corrected chi connectivity index (χ3v) is 2.87. The first-order chi connectivity index (χ1) is 10.2. The Hall–Kier alpha value is -2.57. The molecule has 0 saturated heterocycles. The predicted octanol–water partition coefficient (Wildman–Crippen LogP) is 2.69. The second-order valence-corrected chi connectivity index (χ2v) is 5.65. The quantitative estimate of drug-likeness (QED) is 0.749. The number of nitrogens with one attached hydrogen (secondary N) is 2. The Labute approximate surface area is 128 Å². The van der Waals surface area contributed by atoms with Crippen LogP contribution in [0.3, 0.4) is 0 Å². The van der Waals surface area contributed by atoms with E-state index in [0.717, 1.165) is 0 Å². The summed E-state index contributed by atoms with van der Waals surface area (Å²) in [7, 11) is 1.27. The van der Waals surface area contributed by atoms with E-state index in [0.29, 0.717) is 11.4 Å². The highest BCUT2D eigenvalue weighted by Gasteiger charge is 2.25. The number of carbonyl (C=O) groups is 3. The molecule has 0 bridgehead atoms.